The molecule has 2 aromatic rings. The van der Waals surface area contributed by atoms with E-state index < -0.39 is 0 Å². The van der Waals surface area contributed by atoms with Crippen LogP contribution in [0.2, 0.25) is 0 Å². The Balaban J connectivity index is 2.11. The molecule has 0 heterocycles. The molecule has 0 saturated heterocycles. The van der Waals surface area contributed by atoms with Crippen LogP contribution in [-0.2, 0) is 0 Å². The third-order valence-electron chi connectivity index (χ3n) is 3.17. The summed E-state index contributed by atoms with van der Waals surface area (Å²) in [5.74, 6) is 2.21. The van der Waals surface area contributed by atoms with Crippen molar-refractivity contribution in [1.82, 2.24) is 0 Å². The molecule has 2 aromatic carbocycles. The van der Waals surface area contributed by atoms with E-state index in [-0.39, 0.29) is 0 Å². The highest BCUT2D eigenvalue weighted by molar-refractivity contribution is 5.85. The fraction of sp³-hybridized carbons (Fsp3) is 0.278. The van der Waals surface area contributed by atoms with Gasteiger partial charge in [-0.05, 0) is 42.8 Å². The first-order chi connectivity index (χ1) is 11.3. The summed E-state index contributed by atoms with van der Waals surface area (Å²) in [7, 11) is 3.27. The molecule has 0 aliphatic heterocycles. The Kier molecular flexibility index (Phi) is 6.29. The predicted molar refractivity (Wildman–Crippen MR) is 93.0 cm³/mol. The molecule has 5 heteroatoms. The van der Waals surface area contributed by atoms with Crippen molar-refractivity contribution in [2.75, 3.05) is 26.3 Å². The van der Waals surface area contributed by atoms with Crippen LogP contribution in [0, 0.1) is 0 Å². The lowest BCUT2D eigenvalue weighted by molar-refractivity contribution is 0.294. The van der Waals surface area contributed by atoms with Gasteiger partial charge < -0.3 is 14.2 Å². The van der Waals surface area contributed by atoms with E-state index in [4.69, 9.17) is 14.2 Å². The Labute approximate surface area is 136 Å². The van der Waals surface area contributed by atoms with Crippen LogP contribution in [0.5, 0.6) is 17.2 Å². The highest BCUT2D eigenvalue weighted by atomic mass is 16.5. The van der Waals surface area contributed by atoms with E-state index in [0.29, 0.717) is 18.1 Å². The highest BCUT2D eigenvalue weighted by Gasteiger charge is 2.08. The van der Waals surface area contributed by atoms with Gasteiger partial charge in [0.1, 0.15) is 5.75 Å². The number of para-hydroxylation sites is 1. The molecule has 0 aliphatic carbocycles. The van der Waals surface area contributed by atoms with Gasteiger partial charge in [-0.25, -0.2) is 0 Å². The van der Waals surface area contributed by atoms with Crippen molar-refractivity contribution in [3.05, 3.63) is 48.0 Å². The maximum atomic E-state index is 5.78. The van der Waals surface area contributed by atoms with E-state index in [9.17, 15) is 0 Å². The largest absolute Gasteiger partial charge is 0.497 e. The molecule has 0 aliphatic rings. The number of nitrogens with one attached hydrogen (secondary N) is 1. The SMILES string of the molecule is CCCOc1c(/C=N/Nc2ccc(OC)cc2)cccc1OC. The van der Waals surface area contributed by atoms with Gasteiger partial charge in [-0.15, -0.1) is 0 Å². The third kappa shape index (κ3) is 4.64. The van der Waals surface area contributed by atoms with Crippen molar-refractivity contribution in [2.24, 2.45) is 5.10 Å². The zero-order valence-corrected chi connectivity index (χ0v) is 13.7. The van der Waals surface area contributed by atoms with Crippen molar-refractivity contribution < 1.29 is 14.2 Å². The lowest BCUT2D eigenvalue weighted by Gasteiger charge is -2.12. The summed E-state index contributed by atoms with van der Waals surface area (Å²) in [4.78, 5) is 0. The van der Waals surface area contributed by atoms with E-state index >= 15 is 0 Å². The minimum atomic E-state index is 0.632. The van der Waals surface area contributed by atoms with Crippen molar-refractivity contribution in [3.8, 4) is 17.2 Å². The summed E-state index contributed by atoms with van der Waals surface area (Å²) in [6, 6.07) is 13.3. The molecule has 0 amide bonds. The average molecular weight is 314 g/mol. The second-order valence-corrected chi connectivity index (χ2v) is 4.83. The van der Waals surface area contributed by atoms with Gasteiger partial charge in [0.25, 0.3) is 0 Å². The lowest BCUT2D eigenvalue weighted by atomic mass is 10.2. The van der Waals surface area contributed by atoms with Gasteiger partial charge in [-0.2, -0.15) is 5.10 Å². The minimum Gasteiger partial charge on any atom is -0.497 e. The first kappa shape index (κ1) is 16.7. The molecule has 0 bridgehead atoms. The van der Waals surface area contributed by atoms with Crippen LogP contribution >= 0.6 is 0 Å². The minimum absolute atomic E-state index is 0.632. The molecular formula is C18H22N2O3. The second kappa shape index (κ2) is 8.68. The molecule has 23 heavy (non-hydrogen) atoms. The maximum Gasteiger partial charge on any atom is 0.169 e. The summed E-state index contributed by atoms with van der Waals surface area (Å²) < 4.78 is 16.3. The molecule has 0 atom stereocenters. The van der Waals surface area contributed by atoms with Crippen LogP contribution in [0.4, 0.5) is 5.69 Å². The van der Waals surface area contributed by atoms with Crippen molar-refractivity contribution in [2.45, 2.75) is 13.3 Å². The molecule has 5 nitrogen and oxygen atoms in total. The molecule has 0 aromatic heterocycles. The number of rotatable bonds is 8. The molecule has 2 rings (SSSR count). The highest BCUT2D eigenvalue weighted by Crippen LogP contribution is 2.30. The van der Waals surface area contributed by atoms with Crippen LogP contribution < -0.4 is 19.6 Å². The lowest BCUT2D eigenvalue weighted by Crippen LogP contribution is -2.01. The number of nitrogens with zero attached hydrogens (tertiary/aromatic N) is 1. The number of ether oxygens (including phenoxy) is 3. The number of hydrogen-bond donors (Lipinski definition) is 1. The van der Waals surface area contributed by atoms with Crippen molar-refractivity contribution >= 4 is 11.9 Å². The summed E-state index contributed by atoms with van der Waals surface area (Å²) in [5.41, 5.74) is 4.72. The van der Waals surface area contributed by atoms with Gasteiger partial charge in [0, 0.05) is 5.56 Å². The number of anilines is 1. The first-order valence-corrected chi connectivity index (χ1v) is 7.51. The fourth-order valence-corrected chi connectivity index (χ4v) is 2.00. The summed E-state index contributed by atoms with van der Waals surface area (Å²) in [6.45, 7) is 2.70. The van der Waals surface area contributed by atoms with E-state index in [2.05, 4.69) is 17.5 Å². The fourth-order valence-electron chi connectivity index (χ4n) is 2.00. The third-order valence-corrected chi connectivity index (χ3v) is 3.17. The van der Waals surface area contributed by atoms with Crippen LogP contribution in [0.25, 0.3) is 0 Å². The standard InChI is InChI=1S/C18H22N2O3/c1-4-12-23-18-14(6-5-7-17(18)22-3)13-19-20-15-8-10-16(21-2)11-9-15/h5-11,13,20H,4,12H2,1-3H3/b19-13+. The number of methoxy groups -OCH3 is 2. The Morgan fingerprint density at radius 3 is 2.48 bits per heavy atom. The Morgan fingerprint density at radius 1 is 1.04 bits per heavy atom. The Hall–Kier alpha value is -2.69. The molecule has 0 unspecified atom stereocenters. The molecule has 0 radical (unpaired) electrons. The molecule has 0 saturated carbocycles. The Morgan fingerprint density at radius 2 is 1.83 bits per heavy atom. The Bertz CT molecular complexity index is 639. The summed E-state index contributed by atoms with van der Waals surface area (Å²) >= 11 is 0. The van der Waals surface area contributed by atoms with Crippen molar-refractivity contribution in [1.29, 1.82) is 0 Å². The van der Waals surface area contributed by atoms with Gasteiger partial charge in [0.05, 0.1) is 32.7 Å². The van der Waals surface area contributed by atoms with Crippen LogP contribution in [-0.4, -0.2) is 27.0 Å². The topological polar surface area (TPSA) is 52.1 Å². The molecular weight excluding hydrogens is 292 g/mol. The predicted octanol–water partition coefficient (Wildman–Crippen LogP) is 3.94. The van der Waals surface area contributed by atoms with E-state index in [0.717, 1.165) is 23.4 Å². The smallest absolute Gasteiger partial charge is 0.169 e. The van der Waals surface area contributed by atoms with Crippen LogP contribution in [0.15, 0.2) is 47.6 Å². The zero-order valence-electron chi connectivity index (χ0n) is 13.7. The monoisotopic (exact) mass is 314 g/mol. The van der Waals surface area contributed by atoms with E-state index in [1.54, 1.807) is 20.4 Å². The zero-order chi connectivity index (χ0) is 16.5. The van der Waals surface area contributed by atoms with Gasteiger partial charge in [0.15, 0.2) is 11.5 Å². The molecule has 0 spiro atoms. The van der Waals surface area contributed by atoms with Gasteiger partial charge >= 0.3 is 0 Å². The first-order valence-electron chi connectivity index (χ1n) is 7.51. The number of hydrazone groups is 1. The molecule has 1 N–H and O–H groups in total. The average Bonchev–Trinajstić information content (AvgIpc) is 2.60. The van der Waals surface area contributed by atoms with E-state index in [1.165, 1.54) is 0 Å². The number of hydrogen-bond acceptors (Lipinski definition) is 5. The van der Waals surface area contributed by atoms with Crippen molar-refractivity contribution in [3.63, 3.8) is 0 Å². The molecule has 122 valence electrons. The summed E-state index contributed by atoms with van der Waals surface area (Å²) in [5, 5.41) is 4.26. The second-order valence-electron chi connectivity index (χ2n) is 4.83. The van der Waals surface area contributed by atoms with Crippen LogP contribution in [0.3, 0.4) is 0 Å². The van der Waals surface area contributed by atoms with Gasteiger partial charge in [-0.3, -0.25) is 5.43 Å². The number of benzene rings is 2. The van der Waals surface area contributed by atoms with Crippen LogP contribution in [0.1, 0.15) is 18.9 Å². The van der Waals surface area contributed by atoms with Gasteiger partial charge in [0.2, 0.25) is 0 Å². The van der Waals surface area contributed by atoms with E-state index in [1.807, 2.05) is 42.5 Å². The normalized spacial score (nSPS) is 10.6. The maximum absolute atomic E-state index is 5.78. The molecule has 0 fully saturated rings. The summed E-state index contributed by atoms with van der Waals surface area (Å²) in [6.07, 6.45) is 2.65. The quantitative estimate of drug-likeness (QED) is 0.592. The van der Waals surface area contributed by atoms with Gasteiger partial charge in [-0.1, -0.05) is 13.0 Å².